The summed E-state index contributed by atoms with van der Waals surface area (Å²) in [6.07, 6.45) is 0. The van der Waals surface area contributed by atoms with E-state index in [9.17, 15) is 0 Å². The van der Waals surface area contributed by atoms with Gasteiger partial charge >= 0.3 is 0 Å². The maximum Gasteiger partial charge on any atom is 0.0517 e. The van der Waals surface area contributed by atoms with E-state index in [1.165, 1.54) is 39.2 Å². The van der Waals surface area contributed by atoms with E-state index in [0.29, 0.717) is 0 Å². The van der Waals surface area contributed by atoms with Crippen LogP contribution >= 0.6 is 0 Å². The van der Waals surface area contributed by atoms with Crippen molar-refractivity contribution in [2.24, 2.45) is 0 Å². The third-order valence-corrected chi connectivity index (χ3v) is 5.01. The van der Waals surface area contributed by atoms with Gasteiger partial charge in [-0.05, 0) is 29.7 Å². The fourth-order valence-corrected chi connectivity index (χ4v) is 3.70. The Hall–Kier alpha value is -3.32. The SMILES string of the molecule is Cc1cccc(-c2ccccc2)c1N(C)c1ccccc1-c1ccccc1. The van der Waals surface area contributed by atoms with Crippen LogP contribution in [0.2, 0.25) is 0 Å². The topological polar surface area (TPSA) is 3.24 Å². The molecule has 0 atom stereocenters. The zero-order valence-corrected chi connectivity index (χ0v) is 15.8. The summed E-state index contributed by atoms with van der Waals surface area (Å²) < 4.78 is 0. The Kier molecular flexibility index (Phi) is 4.76. The van der Waals surface area contributed by atoms with Crippen LogP contribution in [0.4, 0.5) is 11.4 Å². The molecule has 4 aromatic carbocycles. The summed E-state index contributed by atoms with van der Waals surface area (Å²) in [6, 6.07) is 36.3. The Bertz CT molecular complexity index is 1040. The lowest BCUT2D eigenvalue weighted by Crippen LogP contribution is -2.13. The average molecular weight is 349 g/mol. The number of hydrogen-bond acceptors (Lipinski definition) is 1. The molecule has 0 heterocycles. The van der Waals surface area contributed by atoms with Gasteiger partial charge in [0.25, 0.3) is 0 Å². The number of nitrogens with zero attached hydrogens (tertiary/aromatic N) is 1. The standard InChI is InChI=1S/C26H23N/c1-20-12-11-18-24(22-15-7-4-8-16-22)26(20)27(2)25-19-10-9-17-23(25)21-13-5-3-6-14-21/h3-19H,1-2H3. The van der Waals surface area contributed by atoms with Gasteiger partial charge in [-0.2, -0.15) is 0 Å². The van der Waals surface area contributed by atoms with Gasteiger partial charge in [0.05, 0.1) is 5.69 Å². The van der Waals surface area contributed by atoms with Crippen LogP contribution in [0.3, 0.4) is 0 Å². The first-order valence-corrected chi connectivity index (χ1v) is 9.29. The van der Waals surface area contributed by atoms with E-state index in [2.05, 4.69) is 122 Å². The van der Waals surface area contributed by atoms with Gasteiger partial charge in [-0.15, -0.1) is 0 Å². The van der Waals surface area contributed by atoms with Crippen LogP contribution in [0.15, 0.2) is 103 Å². The van der Waals surface area contributed by atoms with Crippen LogP contribution in [0.5, 0.6) is 0 Å². The second-order valence-corrected chi connectivity index (χ2v) is 6.78. The molecule has 0 aliphatic rings. The highest BCUT2D eigenvalue weighted by atomic mass is 15.1. The van der Waals surface area contributed by atoms with E-state index < -0.39 is 0 Å². The van der Waals surface area contributed by atoms with Crippen LogP contribution in [0, 0.1) is 6.92 Å². The molecule has 0 N–H and O–H groups in total. The minimum absolute atomic E-state index is 1.20. The van der Waals surface area contributed by atoms with E-state index in [1.807, 2.05) is 0 Å². The molecule has 4 rings (SSSR count). The third kappa shape index (κ3) is 3.37. The van der Waals surface area contributed by atoms with Crippen molar-refractivity contribution in [3.63, 3.8) is 0 Å². The maximum atomic E-state index is 2.32. The summed E-state index contributed by atoms with van der Waals surface area (Å²) in [5.41, 5.74) is 8.67. The number of anilines is 2. The number of benzene rings is 4. The fraction of sp³-hybridized carbons (Fsp3) is 0.0769. The van der Waals surface area contributed by atoms with Crippen LogP contribution in [0.25, 0.3) is 22.3 Å². The summed E-state index contributed by atoms with van der Waals surface area (Å²) in [5, 5.41) is 0. The van der Waals surface area contributed by atoms with Crippen molar-refractivity contribution >= 4 is 11.4 Å². The summed E-state index contributed by atoms with van der Waals surface area (Å²) in [4.78, 5) is 2.32. The van der Waals surface area contributed by atoms with Crippen LogP contribution < -0.4 is 4.90 Å². The lowest BCUT2D eigenvalue weighted by atomic mass is 9.98. The zero-order valence-electron chi connectivity index (χ0n) is 15.8. The molecule has 0 spiro atoms. The third-order valence-electron chi connectivity index (χ3n) is 5.01. The molecule has 1 nitrogen and oxygen atoms in total. The highest BCUT2D eigenvalue weighted by molar-refractivity contribution is 5.89. The molecule has 0 unspecified atom stereocenters. The number of hydrogen-bond donors (Lipinski definition) is 0. The van der Waals surface area contributed by atoms with Crippen molar-refractivity contribution in [1.29, 1.82) is 0 Å². The molecule has 0 saturated heterocycles. The molecule has 0 saturated carbocycles. The van der Waals surface area contributed by atoms with E-state index in [4.69, 9.17) is 0 Å². The van der Waals surface area contributed by atoms with Gasteiger partial charge in [-0.1, -0.05) is 97.1 Å². The van der Waals surface area contributed by atoms with Gasteiger partial charge in [0, 0.05) is 23.9 Å². The summed E-state index contributed by atoms with van der Waals surface area (Å²) in [6.45, 7) is 2.18. The Morgan fingerprint density at radius 1 is 0.519 bits per heavy atom. The molecule has 27 heavy (non-hydrogen) atoms. The zero-order chi connectivity index (χ0) is 18.6. The number of aryl methyl sites for hydroxylation is 1. The van der Waals surface area contributed by atoms with E-state index in [0.717, 1.165) is 0 Å². The molecular formula is C26H23N. The highest BCUT2D eigenvalue weighted by Gasteiger charge is 2.16. The van der Waals surface area contributed by atoms with E-state index in [1.54, 1.807) is 0 Å². The predicted octanol–water partition coefficient (Wildman–Crippen LogP) is 7.10. The first-order valence-electron chi connectivity index (χ1n) is 9.29. The number of para-hydroxylation sites is 2. The average Bonchev–Trinajstić information content (AvgIpc) is 2.74. The van der Waals surface area contributed by atoms with Crippen molar-refractivity contribution in [3.8, 4) is 22.3 Å². The first kappa shape index (κ1) is 17.1. The summed E-state index contributed by atoms with van der Waals surface area (Å²) >= 11 is 0. The molecule has 4 aromatic rings. The smallest absolute Gasteiger partial charge is 0.0517 e. The van der Waals surface area contributed by atoms with Crippen LogP contribution in [-0.4, -0.2) is 7.05 Å². The van der Waals surface area contributed by atoms with E-state index in [-0.39, 0.29) is 0 Å². The Labute approximate surface area is 161 Å². The second kappa shape index (κ2) is 7.51. The van der Waals surface area contributed by atoms with Crippen molar-refractivity contribution in [1.82, 2.24) is 0 Å². The molecule has 0 aromatic heterocycles. The molecule has 132 valence electrons. The van der Waals surface area contributed by atoms with Crippen LogP contribution in [-0.2, 0) is 0 Å². The van der Waals surface area contributed by atoms with Gasteiger partial charge in [-0.25, -0.2) is 0 Å². The van der Waals surface area contributed by atoms with Gasteiger partial charge < -0.3 is 4.90 Å². The largest absolute Gasteiger partial charge is 0.343 e. The van der Waals surface area contributed by atoms with Crippen molar-refractivity contribution in [3.05, 3.63) is 109 Å². The first-order chi connectivity index (χ1) is 13.3. The Balaban J connectivity index is 1.88. The molecule has 0 radical (unpaired) electrons. The Morgan fingerprint density at radius 2 is 1.04 bits per heavy atom. The number of rotatable bonds is 4. The van der Waals surface area contributed by atoms with Gasteiger partial charge in [0.15, 0.2) is 0 Å². The highest BCUT2D eigenvalue weighted by Crippen LogP contribution is 2.40. The summed E-state index contributed by atoms with van der Waals surface area (Å²) in [5.74, 6) is 0. The fourth-order valence-electron chi connectivity index (χ4n) is 3.70. The Morgan fingerprint density at radius 3 is 1.70 bits per heavy atom. The predicted molar refractivity (Wildman–Crippen MR) is 117 cm³/mol. The van der Waals surface area contributed by atoms with Gasteiger partial charge in [0.2, 0.25) is 0 Å². The molecule has 0 aliphatic carbocycles. The van der Waals surface area contributed by atoms with Crippen molar-refractivity contribution in [2.75, 3.05) is 11.9 Å². The molecule has 0 aliphatic heterocycles. The molecular weight excluding hydrogens is 326 g/mol. The normalized spacial score (nSPS) is 10.6. The molecule has 1 heteroatoms. The minimum atomic E-state index is 1.20. The lowest BCUT2D eigenvalue weighted by Gasteiger charge is -2.27. The van der Waals surface area contributed by atoms with E-state index >= 15 is 0 Å². The van der Waals surface area contributed by atoms with Gasteiger partial charge in [-0.3, -0.25) is 0 Å². The second-order valence-electron chi connectivity index (χ2n) is 6.78. The van der Waals surface area contributed by atoms with Crippen molar-refractivity contribution < 1.29 is 0 Å². The van der Waals surface area contributed by atoms with Crippen LogP contribution in [0.1, 0.15) is 5.56 Å². The monoisotopic (exact) mass is 349 g/mol. The molecule has 0 amide bonds. The van der Waals surface area contributed by atoms with Crippen molar-refractivity contribution in [2.45, 2.75) is 6.92 Å². The quantitative estimate of drug-likeness (QED) is 0.380. The lowest BCUT2D eigenvalue weighted by molar-refractivity contribution is 1.19. The maximum absolute atomic E-state index is 2.32. The van der Waals surface area contributed by atoms with Gasteiger partial charge in [0.1, 0.15) is 0 Å². The summed E-state index contributed by atoms with van der Waals surface area (Å²) in [7, 11) is 2.16. The molecule has 0 bridgehead atoms. The minimum Gasteiger partial charge on any atom is -0.343 e. The molecule has 0 fully saturated rings.